The fourth-order valence-electron chi connectivity index (χ4n) is 0.757. The maximum Gasteiger partial charge on any atom is 0.168 e. The summed E-state index contributed by atoms with van der Waals surface area (Å²) < 4.78 is 0. The highest BCUT2D eigenvalue weighted by atomic mass is 15.0. The Labute approximate surface area is 73.1 Å². The number of allylic oxidation sites excluding steroid dienone is 1. The minimum Gasteiger partial charge on any atom is -0.330 e. The van der Waals surface area contributed by atoms with Crippen molar-refractivity contribution < 1.29 is 0 Å². The van der Waals surface area contributed by atoms with Gasteiger partial charge in [-0.25, -0.2) is 5.53 Å². The predicted octanol–water partition coefficient (Wildman–Crippen LogP) is 1.73. The van der Waals surface area contributed by atoms with E-state index in [0.717, 1.165) is 25.8 Å². The summed E-state index contributed by atoms with van der Waals surface area (Å²) in [6.45, 7) is 0.741. The first-order valence-corrected chi connectivity index (χ1v) is 4.06. The first kappa shape index (κ1) is 11.0. The summed E-state index contributed by atoms with van der Waals surface area (Å²) in [5, 5.41) is 3.21. The smallest absolute Gasteiger partial charge is 0.168 e. The van der Waals surface area contributed by atoms with Crippen LogP contribution in [0.1, 0.15) is 19.3 Å². The third kappa shape index (κ3) is 5.73. The molecule has 0 heterocycles. The number of amidine groups is 1. The van der Waals surface area contributed by atoms with Crippen molar-refractivity contribution in [1.29, 1.82) is 5.53 Å². The molecule has 3 N–H and O–H groups in total. The molecule has 0 unspecified atom stereocenters. The number of rotatable bonds is 5. The van der Waals surface area contributed by atoms with Gasteiger partial charge in [0.05, 0.1) is 0 Å². The van der Waals surface area contributed by atoms with Gasteiger partial charge in [-0.05, 0) is 31.9 Å². The average Bonchev–Trinajstić information content (AvgIpc) is 2.11. The second-order valence-corrected chi connectivity index (χ2v) is 2.38. The first-order chi connectivity index (χ1) is 5.85. The summed E-state index contributed by atoms with van der Waals surface area (Å²) >= 11 is 0. The summed E-state index contributed by atoms with van der Waals surface area (Å²) in [5.74, 6) is 0.461. The van der Waals surface area contributed by atoms with Crippen molar-refractivity contribution in [3.8, 4) is 0 Å². The molecule has 0 amide bonds. The molecule has 0 rings (SSSR count). The Kier molecular flexibility index (Phi) is 7.38. The van der Waals surface area contributed by atoms with Crippen molar-refractivity contribution >= 4 is 5.84 Å². The molecule has 0 bridgehead atoms. The van der Waals surface area contributed by atoms with Crippen LogP contribution in [-0.2, 0) is 0 Å². The Morgan fingerprint density at radius 3 is 2.75 bits per heavy atom. The van der Waals surface area contributed by atoms with Gasteiger partial charge in [0, 0.05) is 7.05 Å². The van der Waals surface area contributed by atoms with Crippen LogP contribution < -0.4 is 5.73 Å². The van der Waals surface area contributed by atoms with Crippen LogP contribution in [0.2, 0.25) is 0 Å². The average molecular weight is 168 g/mol. The van der Waals surface area contributed by atoms with Gasteiger partial charge in [0.1, 0.15) is 0 Å². The topological polar surface area (TPSA) is 74.6 Å². The van der Waals surface area contributed by atoms with E-state index in [2.05, 4.69) is 10.1 Å². The normalized spacial score (nSPS) is 12.3. The molecular weight excluding hydrogens is 152 g/mol. The van der Waals surface area contributed by atoms with Gasteiger partial charge in [-0.2, -0.15) is 0 Å². The maximum absolute atomic E-state index is 6.70. The quantitative estimate of drug-likeness (QED) is 0.279. The fourth-order valence-corrected chi connectivity index (χ4v) is 0.757. The Bertz CT molecular complexity index is 172. The lowest BCUT2D eigenvalue weighted by atomic mass is 10.2. The van der Waals surface area contributed by atoms with Gasteiger partial charge < -0.3 is 5.73 Å². The van der Waals surface area contributed by atoms with Crippen LogP contribution in [-0.4, -0.2) is 19.4 Å². The SMILES string of the molecule is CN=C(/C=C/CCCCN)N=N. The van der Waals surface area contributed by atoms with E-state index >= 15 is 0 Å². The number of hydrogen-bond acceptors (Lipinski definition) is 3. The van der Waals surface area contributed by atoms with Gasteiger partial charge in [-0.1, -0.05) is 6.08 Å². The van der Waals surface area contributed by atoms with Crippen molar-refractivity contribution in [3.63, 3.8) is 0 Å². The van der Waals surface area contributed by atoms with E-state index in [1.165, 1.54) is 0 Å². The van der Waals surface area contributed by atoms with Gasteiger partial charge in [0.2, 0.25) is 0 Å². The fraction of sp³-hybridized carbons (Fsp3) is 0.625. The monoisotopic (exact) mass is 168 g/mol. The summed E-state index contributed by atoms with van der Waals surface area (Å²) in [6.07, 6.45) is 6.83. The van der Waals surface area contributed by atoms with Crippen molar-refractivity contribution in [3.05, 3.63) is 12.2 Å². The molecule has 0 saturated carbocycles. The lowest BCUT2D eigenvalue weighted by Gasteiger charge is -1.91. The Morgan fingerprint density at radius 1 is 1.50 bits per heavy atom. The Balaban J connectivity index is 3.53. The maximum atomic E-state index is 6.70. The van der Waals surface area contributed by atoms with E-state index in [-0.39, 0.29) is 0 Å². The highest BCUT2D eigenvalue weighted by Gasteiger charge is 1.85. The van der Waals surface area contributed by atoms with Gasteiger partial charge >= 0.3 is 0 Å². The second kappa shape index (κ2) is 8.07. The molecule has 0 aliphatic carbocycles. The molecule has 0 aliphatic rings. The van der Waals surface area contributed by atoms with Gasteiger partial charge in [0.15, 0.2) is 5.84 Å². The Hall–Kier alpha value is -1.03. The number of nitrogens with zero attached hydrogens (tertiary/aromatic N) is 2. The van der Waals surface area contributed by atoms with Crippen LogP contribution in [0.4, 0.5) is 0 Å². The van der Waals surface area contributed by atoms with Crippen LogP contribution in [0.25, 0.3) is 0 Å². The zero-order valence-electron chi connectivity index (χ0n) is 7.45. The molecule has 0 aromatic rings. The zero-order chi connectivity index (χ0) is 9.23. The molecule has 0 spiro atoms. The lowest BCUT2D eigenvalue weighted by Crippen LogP contribution is -1.97. The molecule has 0 radical (unpaired) electrons. The van der Waals surface area contributed by atoms with Gasteiger partial charge in [-0.15, -0.1) is 5.11 Å². The summed E-state index contributed by atoms with van der Waals surface area (Å²) in [5.41, 5.74) is 12.0. The number of aliphatic imine (C=N–C) groups is 1. The second-order valence-electron chi connectivity index (χ2n) is 2.38. The minimum atomic E-state index is 0.461. The summed E-state index contributed by atoms with van der Waals surface area (Å²) in [6, 6.07) is 0. The molecular formula is C8H16N4. The van der Waals surface area contributed by atoms with Crippen LogP contribution in [0, 0.1) is 5.53 Å². The summed E-state index contributed by atoms with van der Waals surface area (Å²) in [7, 11) is 1.62. The molecule has 4 nitrogen and oxygen atoms in total. The van der Waals surface area contributed by atoms with E-state index in [9.17, 15) is 0 Å². The number of hydrogen-bond donors (Lipinski definition) is 2. The molecule has 68 valence electrons. The predicted molar refractivity (Wildman–Crippen MR) is 50.6 cm³/mol. The van der Waals surface area contributed by atoms with Crippen molar-refractivity contribution in [1.82, 2.24) is 0 Å². The van der Waals surface area contributed by atoms with E-state index in [4.69, 9.17) is 11.3 Å². The largest absolute Gasteiger partial charge is 0.330 e. The Morgan fingerprint density at radius 2 is 2.25 bits per heavy atom. The lowest BCUT2D eigenvalue weighted by molar-refractivity contribution is 0.758. The van der Waals surface area contributed by atoms with E-state index in [1.54, 1.807) is 13.1 Å². The third-order valence-corrected chi connectivity index (χ3v) is 1.44. The number of unbranched alkanes of at least 4 members (excludes halogenated alkanes) is 2. The van der Waals surface area contributed by atoms with E-state index in [0.29, 0.717) is 5.84 Å². The summed E-state index contributed by atoms with van der Waals surface area (Å²) in [4.78, 5) is 3.78. The molecule has 12 heavy (non-hydrogen) atoms. The van der Waals surface area contributed by atoms with Crippen LogP contribution in [0.3, 0.4) is 0 Å². The number of nitrogens with one attached hydrogen (secondary N) is 1. The van der Waals surface area contributed by atoms with Crippen molar-refractivity contribution in [2.75, 3.05) is 13.6 Å². The van der Waals surface area contributed by atoms with E-state index < -0.39 is 0 Å². The standard InChI is InChI=1S/C8H16N4/c1-11-8(12-10)6-4-2-3-5-7-9/h4,6,10H,2-3,5,7,9H2,1H3/b6-4+,11-8?,12-10?. The highest BCUT2D eigenvalue weighted by molar-refractivity contribution is 5.92. The van der Waals surface area contributed by atoms with Crippen LogP contribution in [0.15, 0.2) is 22.3 Å². The third-order valence-electron chi connectivity index (χ3n) is 1.44. The number of nitrogens with two attached hydrogens (primary N) is 1. The minimum absolute atomic E-state index is 0.461. The molecule has 0 saturated heterocycles. The van der Waals surface area contributed by atoms with Crippen LogP contribution >= 0.6 is 0 Å². The molecule has 4 heteroatoms. The van der Waals surface area contributed by atoms with Crippen molar-refractivity contribution in [2.45, 2.75) is 19.3 Å². The molecule has 0 aromatic carbocycles. The first-order valence-electron chi connectivity index (χ1n) is 4.06. The van der Waals surface area contributed by atoms with E-state index in [1.807, 2.05) is 6.08 Å². The van der Waals surface area contributed by atoms with Crippen LogP contribution in [0.5, 0.6) is 0 Å². The van der Waals surface area contributed by atoms with Gasteiger partial charge in [-0.3, -0.25) is 4.99 Å². The highest BCUT2D eigenvalue weighted by Crippen LogP contribution is 1.95. The zero-order valence-corrected chi connectivity index (χ0v) is 7.45. The molecule has 0 aromatic heterocycles. The molecule has 0 atom stereocenters. The molecule has 0 aliphatic heterocycles. The van der Waals surface area contributed by atoms with Gasteiger partial charge in [0.25, 0.3) is 0 Å². The molecule has 0 fully saturated rings. The van der Waals surface area contributed by atoms with Crippen molar-refractivity contribution in [2.24, 2.45) is 15.8 Å².